The molecular formula is C21H23ClN2O2S. The van der Waals surface area contributed by atoms with Gasteiger partial charge in [0.15, 0.2) is 11.6 Å². The molecule has 2 rings (SSSR count). The van der Waals surface area contributed by atoms with Gasteiger partial charge in [-0.05, 0) is 50.5 Å². The van der Waals surface area contributed by atoms with Gasteiger partial charge in [-0.15, -0.1) is 0 Å². The van der Waals surface area contributed by atoms with Crippen LogP contribution in [-0.4, -0.2) is 17.3 Å². The lowest BCUT2D eigenvalue weighted by Gasteiger charge is -2.30. The summed E-state index contributed by atoms with van der Waals surface area (Å²) in [5.74, 6) is 0.233. The lowest BCUT2D eigenvalue weighted by Crippen LogP contribution is -2.29. The van der Waals surface area contributed by atoms with E-state index in [9.17, 15) is 14.9 Å². The van der Waals surface area contributed by atoms with Crippen LogP contribution in [0.4, 0.5) is 0 Å². The molecule has 0 fully saturated rings. The van der Waals surface area contributed by atoms with Gasteiger partial charge in [0, 0.05) is 27.8 Å². The summed E-state index contributed by atoms with van der Waals surface area (Å²) in [6.45, 7) is 7.52. The Hall–Kier alpha value is -2.03. The van der Waals surface area contributed by atoms with Gasteiger partial charge in [-0.1, -0.05) is 37.2 Å². The molecule has 1 aliphatic rings. The van der Waals surface area contributed by atoms with E-state index in [1.54, 1.807) is 24.3 Å². The molecule has 1 aliphatic heterocycles. The van der Waals surface area contributed by atoms with E-state index < -0.39 is 0 Å². The van der Waals surface area contributed by atoms with Crippen LogP contribution < -0.4 is 5.32 Å². The van der Waals surface area contributed by atoms with E-state index >= 15 is 0 Å². The van der Waals surface area contributed by atoms with Gasteiger partial charge in [-0.3, -0.25) is 9.59 Å². The number of hydrogen-bond acceptors (Lipinski definition) is 5. The number of nitrogens with one attached hydrogen (secondary N) is 1. The minimum atomic E-state index is -0.234. The molecule has 0 spiro atoms. The van der Waals surface area contributed by atoms with Gasteiger partial charge in [0.05, 0.1) is 22.4 Å². The molecule has 0 amide bonds. The maximum Gasteiger partial charge on any atom is 0.173 e. The van der Waals surface area contributed by atoms with E-state index in [4.69, 9.17) is 11.6 Å². The van der Waals surface area contributed by atoms with Gasteiger partial charge in [0.25, 0.3) is 0 Å². The first-order valence-electron chi connectivity index (χ1n) is 8.79. The minimum absolute atomic E-state index is 0.0281. The molecule has 0 aliphatic carbocycles. The average molecular weight is 403 g/mol. The molecule has 142 valence electrons. The molecule has 1 aromatic carbocycles. The Morgan fingerprint density at radius 3 is 2.44 bits per heavy atom. The Kier molecular flexibility index (Phi) is 7.29. The summed E-state index contributed by atoms with van der Waals surface area (Å²) in [5, 5.41) is 14.2. The predicted octanol–water partition coefficient (Wildman–Crippen LogP) is 5.12. The molecule has 1 atom stereocenters. The number of nitrogens with zero attached hydrogens (tertiary/aromatic N) is 1. The van der Waals surface area contributed by atoms with Crippen LogP contribution in [0, 0.1) is 23.2 Å². The van der Waals surface area contributed by atoms with Crippen LogP contribution in [-0.2, 0) is 4.79 Å². The summed E-state index contributed by atoms with van der Waals surface area (Å²) >= 11 is 7.17. The molecule has 0 saturated heterocycles. The number of carbonyl (C=O) groups is 2. The molecule has 27 heavy (non-hydrogen) atoms. The van der Waals surface area contributed by atoms with Crippen molar-refractivity contribution in [2.24, 2.45) is 11.8 Å². The smallest absolute Gasteiger partial charge is 0.173 e. The third-order valence-electron chi connectivity index (χ3n) is 4.37. The number of dihydropyridines is 1. The highest BCUT2D eigenvalue weighted by Gasteiger charge is 2.32. The van der Waals surface area contributed by atoms with Crippen molar-refractivity contribution in [1.29, 1.82) is 5.26 Å². The van der Waals surface area contributed by atoms with Crippen LogP contribution in [0.25, 0.3) is 0 Å². The summed E-state index contributed by atoms with van der Waals surface area (Å²) in [6, 6.07) is 9.02. The molecule has 0 bridgehead atoms. The predicted molar refractivity (Wildman–Crippen MR) is 110 cm³/mol. The first-order valence-corrected chi connectivity index (χ1v) is 10.2. The highest BCUT2D eigenvalue weighted by molar-refractivity contribution is 8.03. The van der Waals surface area contributed by atoms with Crippen LogP contribution in [0.2, 0.25) is 5.02 Å². The Balaban J connectivity index is 2.26. The number of hydrogen-bond donors (Lipinski definition) is 1. The Bertz CT molecular complexity index is 848. The fraction of sp³-hybridized carbons (Fsp3) is 0.381. The number of nitriles is 1. The quantitative estimate of drug-likeness (QED) is 0.641. The Morgan fingerprint density at radius 2 is 1.93 bits per heavy atom. The van der Waals surface area contributed by atoms with Crippen molar-refractivity contribution in [1.82, 2.24) is 5.32 Å². The van der Waals surface area contributed by atoms with Crippen LogP contribution in [0.1, 0.15) is 44.5 Å². The highest BCUT2D eigenvalue weighted by Crippen LogP contribution is 2.37. The van der Waals surface area contributed by atoms with E-state index in [2.05, 4.69) is 25.2 Å². The van der Waals surface area contributed by atoms with Crippen molar-refractivity contribution in [3.63, 3.8) is 0 Å². The number of allylic oxidation sites excluding steroid dienone is 3. The summed E-state index contributed by atoms with van der Waals surface area (Å²) in [5.41, 5.74) is 2.54. The molecule has 1 heterocycles. The summed E-state index contributed by atoms with van der Waals surface area (Å²) in [4.78, 5) is 24.6. The Morgan fingerprint density at radius 1 is 1.30 bits per heavy atom. The monoisotopic (exact) mass is 402 g/mol. The Labute approximate surface area is 169 Å². The highest BCUT2D eigenvalue weighted by atomic mass is 35.5. The van der Waals surface area contributed by atoms with Crippen molar-refractivity contribution in [2.45, 2.75) is 34.1 Å². The fourth-order valence-corrected chi connectivity index (χ4v) is 4.32. The molecule has 1 N–H and O–H groups in total. The van der Waals surface area contributed by atoms with Gasteiger partial charge in [-0.2, -0.15) is 5.26 Å². The second-order valence-corrected chi connectivity index (χ2v) is 8.40. The van der Waals surface area contributed by atoms with Gasteiger partial charge < -0.3 is 5.32 Å². The first kappa shape index (κ1) is 21.3. The van der Waals surface area contributed by atoms with E-state index in [1.165, 1.54) is 18.7 Å². The zero-order chi connectivity index (χ0) is 20.1. The number of thioether (sulfide) groups is 1. The zero-order valence-corrected chi connectivity index (χ0v) is 17.5. The van der Waals surface area contributed by atoms with Crippen LogP contribution in [0.15, 0.2) is 46.1 Å². The number of carbonyl (C=O) groups excluding carboxylic acids is 2. The topological polar surface area (TPSA) is 70.0 Å². The number of benzene rings is 1. The van der Waals surface area contributed by atoms with Gasteiger partial charge in [0.1, 0.15) is 0 Å². The SMILES string of the molecule is CC(=O)C1=C(C)NC(SCC(=O)c2ccc(Cl)cc2)=C(C#N)[C@H]1CC(C)C. The second kappa shape index (κ2) is 9.25. The molecule has 4 nitrogen and oxygen atoms in total. The van der Waals surface area contributed by atoms with Crippen molar-refractivity contribution < 1.29 is 9.59 Å². The van der Waals surface area contributed by atoms with E-state index in [0.29, 0.717) is 39.1 Å². The van der Waals surface area contributed by atoms with E-state index in [-0.39, 0.29) is 23.2 Å². The van der Waals surface area contributed by atoms with Crippen LogP contribution in [0.5, 0.6) is 0 Å². The molecule has 1 aromatic rings. The maximum atomic E-state index is 12.4. The van der Waals surface area contributed by atoms with E-state index in [0.717, 1.165) is 5.70 Å². The second-order valence-electron chi connectivity index (χ2n) is 6.98. The van der Waals surface area contributed by atoms with Crippen molar-refractivity contribution in [2.75, 3.05) is 5.75 Å². The molecule has 0 radical (unpaired) electrons. The van der Waals surface area contributed by atoms with Gasteiger partial charge in [-0.25, -0.2) is 0 Å². The summed E-state index contributed by atoms with van der Waals surface area (Å²) < 4.78 is 0. The lowest BCUT2D eigenvalue weighted by atomic mass is 9.81. The largest absolute Gasteiger partial charge is 0.353 e. The van der Waals surface area contributed by atoms with Crippen LogP contribution >= 0.6 is 23.4 Å². The molecule has 6 heteroatoms. The zero-order valence-electron chi connectivity index (χ0n) is 15.9. The van der Waals surface area contributed by atoms with Crippen molar-refractivity contribution >= 4 is 34.9 Å². The van der Waals surface area contributed by atoms with E-state index in [1.807, 2.05) is 6.92 Å². The van der Waals surface area contributed by atoms with Gasteiger partial charge in [0.2, 0.25) is 0 Å². The summed E-state index contributed by atoms with van der Waals surface area (Å²) in [7, 11) is 0. The molecule has 0 aromatic heterocycles. The third-order valence-corrected chi connectivity index (χ3v) is 5.64. The van der Waals surface area contributed by atoms with Gasteiger partial charge >= 0.3 is 0 Å². The number of Topliss-reactive ketones (excluding diaryl/α,β-unsaturated/α-hetero) is 2. The van der Waals surface area contributed by atoms with Crippen molar-refractivity contribution in [3.8, 4) is 6.07 Å². The minimum Gasteiger partial charge on any atom is -0.353 e. The number of ketones is 2. The number of rotatable bonds is 7. The normalized spacial score (nSPS) is 17.0. The summed E-state index contributed by atoms with van der Waals surface area (Å²) in [6.07, 6.45) is 0.714. The molecule has 0 saturated carbocycles. The molecule has 0 unspecified atom stereocenters. The number of halogens is 1. The lowest BCUT2D eigenvalue weighted by molar-refractivity contribution is -0.114. The third kappa shape index (κ3) is 5.24. The molecular weight excluding hydrogens is 380 g/mol. The standard InChI is InChI=1S/C21H23ClN2O2S/c1-12(2)9-17-18(10-23)21(24-13(3)20(17)14(4)25)27-11-19(26)15-5-7-16(22)8-6-15/h5-8,12,17,24H,9,11H2,1-4H3/t17-/m1/s1. The average Bonchev–Trinajstić information content (AvgIpc) is 2.59. The van der Waals surface area contributed by atoms with Crippen LogP contribution in [0.3, 0.4) is 0 Å². The van der Waals surface area contributed by atoms with Crippen molar-refractivity contribution in [3.05, 3.63) is 56.7 Å². The fourth-order valence-electron chi connectivity index (χ4n) is 3.18. The maximum absolute atomic E-state index is 12.4. The first-order chi connectivity index (χ1) is 12.7.